The molecule has 0 bridgehead atoms. The molecular formula is C16H19N5O2. The molecule has 7 nitrogen and oxygen atoms in total. The molecule has 120 valence electrons. The number of aromatic nitrogens is 2. The number of hydrogen-bond donors (Lipinski definition) is 1. The third-order valence-electron chi connectivity index (χ3n) is 4.50. The predicted octanol–water partition coefficient (Wildman–Crippen LogP) is 2.39. The van der Waals surface area contributed by atoms with Crippen LogP contribution in [0.25, 0.3) is 0 Å². The Morgan fingerprint density at radius 2 is 2.26 bits per heavy atom. The van der Waals surface area contributed by atoms with Crippen molar-refractivity contribution in [3.8, 4) is 0 Å². The molecule has 23 heavy (non-hydrogen) atoms. The van der Waals surface area contributed by atoms with Gasteiger partial charge in [-0.3, -0.25) is 5.32 Å². The zero-order valence-electron chi connectivity index (χ0n) is 13.0. The van der Waals surface area contributed by atoms with E-state index < -0.39 is 0 Å². The van der Waals surface area contributed by atoms with E-state index in [9.17, 15) is 4.79 Å². The zero-order valence-corrected chi connectivity index (χ0v) is 13.0. The number of carbonyl (C=O) groups excluding carboxylic acids is 1. The van der Waals surface area contributed by atoms with Crippen LogP contribution in [0.2, 0.25) is 0 Å². The van der Waals surface area contributed by atoms with Crippen molar-refractivity contribution >= 4 is 17.7 Å². The number of hydrogen-bond acceptors (Lipinski definition) is 5. The minimum absolute atomic E-state index is 0.147. The van der Waals surface area contributed by atoms with Gasteiger partial charge in [-0.2, -0.15) is 4.98 Å². The third kappa shape index (κ3) is 2.62. The topological polar surface area (TPSA) is 74.5 Å². The van der Waals surface area contributed by atoms with Crippen molar-refractivity contribution < 1.29 is 9.32 Å². The zero-order chi connectivity index (χ0) is 15.8. The van der Waals surface area contributed by atoms with E-state index >= 15 is 0 Å². The maximum atomic E-state index is 12.6. The Morgan fingerprint density at radius 1 is 1.39 bits per heavy atom. The van der Waals surface area contributed by atoms with Crippen LogP contribution in [-0.4, -0.2) is 40.2 Å². The Morgan fingerprint density at radius 3 is 3.09 bits per heavy atom. The summed E-state index contributed by atoms with van der Waals surface area (Å²) in [5.41, 5.74) is 2.42. The highest BCUT2D eigenvalue weighted by atomic mass is 16.5. The molecule has 0 unspecified atom stereocenters. The van der Waals surface area contributed by atoms with Crippen LogP contribution in [0.1, 0.15) is 24.2 Å². The maximum absolute atomic E-state index is 12.6. The molecule has 1 saturated heterocycles. The van der Waals surface area contributed by atoms with Crippen LogP contribution in [0.5, 0.6) is 0 Å². The van der Waals surface area contributed by atoms with E-state index in [0.29, 0.717) is 25.0 Å². The second kappa shape index (κ2) is 5.57. The number of benzene rings is 1. The van der Waals surface area contributed by atoms with E-state index in [0.717, 1.165) is 19.4 Å². The fourth-order valence-corrected chi connectivity index (χ4v) is 3.47. The molecule has 3 heterocycles. The van der Waals surface area contributed by atoms with E-state index in [1.807, 2.05) is 11.0 Å². The first kappa shape index (κ1) is 14.0. The summed E-state index contributed by atoms with van der Waals surface area (Å²) in [7, 11) is 0. The second-order valence-electron chi connectivity index (χ2n) is 6.08. The molecule has 2 aliphatic rings. The van der Waals surface area contributed by atoms with E-state index in [1.165, 1.54) is 11.3 Å². The van der Waals surface area contributed by atoms with Gasteiger partial charge in [-0.25, -0.2) is 4.79 Å². The number of carbonyl (C=O) groups is 1. The fraction of sp³-hybridized carbons (Fsp3) is 0.438. The molecule has 0 radical (unpaired) electrons. The Kier molecular flexibility index (Phi) is 3.40. The van der Waals surface area contributed by atoms with Crippen LogP contribution >= 0.6 is 0 Å². The molecule has 2 aromatic rings. The van der Waals surface area contributed by atoms with Gasteiger partial charge in [0.2, 0.25) is 0 Å². The minimum atomic E-state index is -0.197. The van der Waals surface area contributed by atoms with E-state index in [2.05, 4.69) is 38.6 Å². The van der Waals surface area contributed by atoms with E-state index in [1.54, 1.807) is 6.92 Å². The van der Waals surface area contributed by atoms with Crippen LogP contribution in [0.3, 0.4) is 0 Å². The van der Waals surface area contributed by atoms with Crippen LogP contribution in [-0.2, 0) is 6.54 Å². The first-order valence-electron chi connectivity index (χ1n) is 7.91. The van der Waals surface area contributed by atoms with Crippen molar-refractivity contribution in [1.82, 2.24) is 15.0 Å². The van der Waals surface area contributed by atoms with Gasteiger partial charge in [0.1, 0.15) is 0 Å². The van der Waals surface area contributed by atoms with Crippen molar-refractivity contribution in [2.75, 3.05) is 23.3 Å². The summed E-state index contributed by atoms with van der Waals surface area (Å²) in [4.78, 5) is 20.9. The van der Waals surface area contributed by atoms with Crippen LogP contribution in [0.15, 0.2) is 28.8 Å². The molecule has 0 aliphatic carbocycles. The first-order valence-corrected chi connectivity index (χ1v) is 7.91. The number of nitrogens with one attached hydrogen (secondary N) is 1. The average molecular weight is 313 g/mol. The number of nitrogens with zero attached hydrogens (tertiary/aromatic N) is 4. The molecule has 2 aliphatic heterocycles. The molecule has 0 saturated carbocycles. The second-order valence-corrected chi connectivity index (χ2v) is 6.08. The molecule has 7 heteroatoms. The number of anilines is 2. The summed E-state index contributed by atoms with van der Waals surface area (Å²) in [6, 6.07) is 8.64. The Labute approximate surface area is 134 Å². The molecule has 1 aromatic heterocycles. The highest BCUT2D eigenvalue weighted by Crippen LogP contribution is 2.33. The Hall–Kier alpha value is -2.57. The fourth-order valence-electron chi connectivity index (χ4n) is 3.47. The summed E-state index contributed by atoms with van der Waals surface area (Å²) in [5, 5.41) is 6.39. The highest BCUT2D eigenvalue weighted by Gasteiger charge is 2.33. The van der Waals surface area contributed by atoms with Gasteiger partial charge in [-0.1, -0.05) is 23.4 Å². The summed E-state index contributed by atoms with van der Waals surface area (Å²) in [6.45, 7) is 4.06. The quantitative estimate of drug-likeness (QED) is 0.875. The first-order chi connectivity index (χ1) is 11.2. The van der Waals surface area contributed by atoms with Crippen molar-refractivity contribution in [3.05, 3.63) is 35.7 Å². The largest absolute Gasteiger partial charge is 0.366 e. The van der Waals surface area contributed by atoms with Gasteiger partial charge in [0.25, 0.3) is 0 Å². The van der Waals surface area contributed by atoms with Crippen molar-refractivity contribution in [3.63, 3.8) is 0 Å². The lowest BCUT2D eigenvalue weighted by Gasteiger charge is -2.27. The molecule has 1 fully saturated rings. The Bertz CT molecular complexity index is 729. The summed E-state index contributed by atoms with van der Waals surface area (Å²) < 4.78 is 4.98. The van der Waals surface area contributed by atoms with Gasteiger partial charge >= 0.3 is 12.0 Å². The molecule has 4 rings (SSSR count). The molecule has 0 spiro atoms. The van der Waals surface area contributed by atoms with Crippen LogP contribution in [0.4, 0.5) is 16.5 Å². The number of amides is 2. The van der Waals surface area contributed by atoms with Crippen LogP contribution in [0, 0.1) is 6.92 Å². The number of fused-ring (bicyclic) bond motifs is 3. The van der Waals surface area contributed by atoms with Gasteiger partial charge in [0.15, 0.2) is 5.82 Å². The molecule has 1 N–H and O–H groups in total. The average Bonchev–Trinajstić information content (AvgIpc) is 3.13. The van der Waals surface area contributed by atoms with Gasteiger partial charge in [0.05, 0.1) is 0 Å². The standard InChI is InChI=1S/C16H19N5O2/c1-11-17-15(23-19-11)18-16(22)20-9-12-5-2-3-7-14(12)21-8-4-6-13(21)10-20/h2-3,5,7,13H,4,6,8-10H2,1H3,(H,17,18,19,22)/t13-/m0/s1. The molecular weight excluding hydrogens is 294 g/mol. The lowest BCUT2D eigenvalue weighted by Crippen LogP contribution is -2.42. The number of rotatable bonds is 1. The van der Waals surface area contributed by atoms with Crippen molar-refractivity contribution in [1.29, 1.82) is 0 Å². The normalized spacial score (nSPS) is 20.0. The SMILES string of the molecule is Cc1noc(NC(=O)N2Cc3ccccc3N3CCC[C@H]3C2)n1. The van der Waals surface area contributed by atoms with E-state index in [-0.39, 0.29) is 12.0 Å². The van der Waals surface area contributed by atoms with Gasteiger partial charge in [-0.05, 0) is 31.4 Å². The van der Waals surface area contributed by atoms with Crippen molar-refractivity contribution in [2.24, 2.45) is 0 Å². The summed E-state index contributed by atoms with van der Waals surface area (Å²) in [5.74, 6) is 0.503. The van der Waals surface area contributed by atoms with Crippen molar-refractivity contribution in [2.45, 2.75) is 32.4 Å². The Balaban J connectivity index is 1.59. The lowest BCUT2D eigenvalue weighted by atomic mass is 10.1. The minimum Gasteiger partial charge on any atom is -0.366 e. The lowest BCUT2D eigenvalue weighted by molar-refractivity contribution is 0.206. The molecule has 2 amide bonds. The smallest absolute Gasteiger partial charge is 0.329 e. The molecule has 1 aromatic carbocycles. The van der Waals surface area contributed by atoms with Crippen LogP contribution < -0.4 is 10.2 Å². The number of aryl methyl sites for hydroxylation is 1. The third-order valence-corrected chi connectivity index (χ3v) is 4.50. The van der Waals surface area contributed by atoms with E-state index in [4.69, 9.17) is 4.52 Å². The number of urea groups is 1. The summed E-state index contributed by atoms with van der Waals surface area (Å²) in [6.07, 6.45) is 2.27. The highest BCUT2D eigenvalue weighted by molar-refractivity contribution is 5.87. The number of para-hydroxylation sites is 1. The summed E-state index contributed by atoms with van der Waals surface area (Å²) >= 11 is 0. The van der Waals surface area contributed by atoms with Gasteiger partial charge in [-0.15, -0.1) is 0 Å². The maximum Gasteiger partial charge on any atom is 0.329 e. The monoisotopic (exact) mass is 313 g/mol. The van der Waals surface area contributed by atoms with Gasteiger partial charge in [0, 0.05) is 31.4 Å². The predicted molar refractivity (Wildman–Crippen MR) is 85.3 cm³/mol. The van der Waals surface area contributed by atoms with Gasteiger partial charge < -0.3 is 14.3 Å². The molecule has 1 atom stereocenters.